The highest BCUT2D eigenvalue weighted by molar-refractivity contribution is 9.10. The fraction of sp³-hybridized carbons (Fsp3) is 0.533. The number of benzene rings is 1. The number of carboxylic acids is 1. The van der Waals surface area contributed by atoms with Crippen LogP contribution in [-0.2, 0) is 4.79 Å². The first-order valence-electron chi connectivity index (χ1n) is 6.95. The van der Waals surface area contributed by atoms with Crippen molar-refractivity contribution in [2.75, 3.05) is 11.9 Å². The molecular weight excluding hydrogens is 341 g/mol. The van der Waals surface area contributed by atoms with Gasteiger partial charge in [-0.2, -0.15) is 0 Å². The van der Waals surface area contributed by atoms with Crippen LogP contribution in [0.1, 0.15) is 31.2 Å². The molecule has 0 amide bonds. The lowest BCUT2D eigenvalue weighted by molar-refractivity contribution is -0.144. The number of nitrogens with one attached hydrogen (secondary N) is 1. The largest absolute Gasteiger partial charge is 0.481 e. The molecule has 0 aromatic heterocycles. The highest BCUT2D eigenvalue weighted by Crippen LogP contribution is 2.33. The molecule has 3 N–H and O–H groups in total. The Labute approximate surface area is 131 Å². The van der Waals surface area contributed by atoms with Crippen LogP contribution >= 0.6 is 15.9 Å². The number of halogens is 2. The second kappa shape index (κ2) is 6.32. The van der Waals surface area contributed by atoms with Gasteiger partial charge in [0.2, 0.25) is 0 Å². The highest BCUT2D eigenvalue weighted by Gasteiger charge is 2.35. The lowest BCUT2D eigenvalue weighted by atomic mass is 9.79. The third kappa shape index (κ3) is 3.95. The van der Waals surface area contributed by atoms with Gasteiger partial charge < -0.3 is 15.5 Å². The lowest BCUT2D eigenvalue weighted by Crippen LogP contribution is -2.41. The molecule has 116 valence electrons. The van der Waals surface area contributed by atoms with Crippen LogP contribution in [0.3, 0.4) is 0 Å². The Balaban J connectivity index is 1.97. The Morgan fingerprint density at radius 3 is 2.67 bits per heavy atom. The molecule has 0 saturated heterocycles. The van der Waals surface area contributed by atoms with Crippen molar-refractivity contribution in [3.05, 3.63) is 28.0 Å². The van der Waals surface area contributed by atoms with E-state index in [1.807, 2.05) is 0 Å². The van der Waals surface area contributed by atoms with Crippen LogP contribution < -0.4 is 5.32 Å². The predicted octanol–water partition coefficient (Wildman–Crippen LogP) is 3.31. The fourth-order valence-corrected chi connectivity index (χ4v) is 3.02. The maximum Gasteiger partial charge on any atom is 0.306 e. The Kier molecular flexibility index (Phi) is 4.88. The molecule has 1 saturated carbocycles. The molecule has 0 aliphatic heterocycles. The van der Waals surface area contributed by atoms with E-state index in [4.69, 9.17) is 5.11 Å². The topological polar surface area (TPSA) is 69.6 Å². The molecule has 0 heterocycles. The SMILES string of the molecule is Cc1cc(F)c(Br)cc1NCC1(O)CCC(C(=O)O)CC1. The summed E-state index contributed by atoms with van der Waals surface area (Å²) in [6.07, 6.45) is 1.88. The molecule has 1 aromatic carbocycles. The van der Waals surface area contributed by atoms with Gasteiger partial charge in [-0.15, -0.1) is 0 Å². The van der Waals surface area contributed by atoms with Gasteiger partial charge >= 0.3 is 5.97 Å². The maximum absolute atomic E-state index is 13.4. The zero-order valence-electron chi connectivity index (χ0n) is 11.8. The molecule has 1 fully saturated rings. The van der Waals surface area contributed by atoms with Crippen LogP contribution in [0.25, 0.3) is 0 Å². The van der Waals surface area contributed by atoms with Crippen LogP contribution in [0.2, 0.25) is 0 Å². The molecule has 2 rings (SSSR count). The summed E-state index contributed by atoms with van der Waals surface area (Å²) in [6.45, 7) is 2.13. The van der Waals surface area contributed by atoms with Gasteiger partial charge in [0.25, 0.3) is 0 Å². The van der Waals surface area contributed by atoms with E-state index in [-0.39, 0.29) is 11.7 Å². The first-order chi connectivity index (χ1) is 9.81. The minimum atomic E-state index is -0.904. The van der Waals surface area contributed by atoms with Crippen molar-refractivity contribution in [2.45, 2.75) is 38.2 Å². The molecular formula is C15H19BrFNO3. The number of hydrogen-bond donors (Lipinski definition) is 3. The number of aryl methyl sites for hydroxylation is 1. The van der Waals surface area contributed by atoms with Crippen LogP contribution in [0.15, 0.2) is 16.6 Å². The van der Waals surface area contributed by atoms with Crippen molar-refractivity contribution in [2.24, 2.45) is 5.92 Å². The van der Waals surface area contributed by atoms with Crippen molar-refractivity contribution in [3.8, 4) is 0 Å². The monoisotopic (exact) mass is 359 g/mol. The highest BCUT2D eigenvalue weighted by atomic mass is 79.9. The van der Waals surface area contributed by atoms with Gasteiger partial charge in [-0.05, 0) is 66.2 Å². The van der Waals surface area contributed by atoms with Crippen LogP contribution in [0, 0.1) is 18.7 Å². The van der Waals surface area contributed by atoms with Gasteiger partial charge in [0, 0.05) is 12.2 Å². The lowest BCUT2D eigenvalue weighted by Gasteiger charge is -2.35. The third-order valence-electron chi connectivity index (χ3n) is 4.14. The summed E-state index contributed by atoms with van der Waals surface area (Å²) >= 11 is 3.14. The molecule has 0 spiro atoms. The molecule has 1 aliphatic rings. The maximum atomic E-state index is 13.4. The average Bonchev–Trinajstić information content (AvgIpc) is 2.42. The molecule has 21 heavy (non-hydrogen) atoms. The third-order valence-corrected chi connectivity index (χ3v) is 4.75. The average molecular weight is 360 g/mol. The van der Waals surface area contributed by atoms with Crippen molar-refractivity contribution in [1.82, 2.24) is 0 Å². The summed E-state index contributed by atoms with van der Waals surface area (Å²) in [4.78, 5) is 10.9. The van der Waals surface area contributed by atoms with E-state index in [2.05, 4.69) is 21.2 Å². The summed E-state index contributed by atoms with van der Waals surface area (Å²) in [5, 5.41) is 22.6. The first-order valence-corrected chi connectivity index (χ1v) is 7.75. The van der Waals surface area contributed by atoms with Crippen LogP contribution in [0.4, 0.5) is 10.1 Å². The summed E-state index contributed by atoms with van der Waals surface area (Å²) in [6, 6.07) is 3.08. The second-order valence-electron chi connectivity index (χ2n) is 5.77. The molecule has 0 atom stereocenters. The molecule has 1 aliphatic carbocycles. The van der Waals surface area contributed by atoms with E-state index in [0.29, 0.717) is 36.7 Å². The van der Waals surface area contributed by atoms with Gasteiger partial charge in [-0.25, -0.2) is 4.39 Å². The quantitative estimate of drug-likeness (QED) is 0.771. The minimum absolute atomic E-state index is 0.321. The Hall–Kier alpha value is -1.14. The Morgan fingerprint density at radius 2 is 2.10 bits per heavy atom. The number of anilines is 1. The summed E-state index contributed by atoms with van der Waals surface area (Å²) < 4.78 is 13.7. The van der Waals surface area contributed by atoms with Crippen molar-refractivity contribution >= 4 is 27.6 Å². The minimum Gasteiger partial charge on any atom is -0.481 e. The molecule has 0 unspecified atom stereocenters. The number of hydrogen-bond acceptors (Lipinski definition) is 3. The standard InChI is InChI=1S/C15H19BrFNO3/c1-9-6-12(17)11(16)7-13(9)18-8-15(21)4-2-10(3-5-15)14(19)20/h6-7,10,18,21H,2-5,8H2,1H3,(H,19,20). The molecule has 0 radical (unpaired) electrons. The Morgan fingerprint density at radius 1 is 1.48 bits per heavy atom. The van der Waals surface area contributed by atoms with E-state index in [1.165, 1.54) is 6.07 Å². The summed E-state index contributed by atoms with van der Waals surface area (Å²) in [5.74, 6) is -1.46. The molecule has 1 aromatic rings. The molecule has 0 bridgehead atoms. The van der Waals surface area contributed by atoms with E-state index in [1.54, 1.807) is 13.0 Å². The first kappa shape index (κ1) is 16.2. The van der Waals surface area contributed by atoms with Gasteiger partial charge in [0.05, 0.1) is 16.0 Å². The van der Waals surface area contributed by atoms with Gasteiger partial charge in [0.15, 0.2) is 0 Å². The number of aliphatic carboxylic acids is 1. The number of rotatable bonds is 4. The van der Waals surface area contributed by atoms with Crippen molar-refractivity contribution in [3.63, 3.8) is 0 Å². The number of carboxylic acid groups (broad SMARTS) is 1. The van der Waals surface area contributed by atoms with E-state index in [9.17, 15) is 14.3 Å². The van der Waals surface area contributed by atoms with Crippen molar-refractivity contribution in [1.29, 1.82) is 0 Å². The zero-order valence-corrected chi connectivity index (χ0v) is 13.4. The molecule has 6 heteroatoms. The number of carbonyl (C=O) groups is 1. The normalized spacial score (nSPS) is 25.6. The van der Waals surface area contributed by atoms with E-state index >= 15 is 0 Å². The van der Waals surface area contributed by atoms with Crippen LogP contribution in [0.5, 0.6) is 0 Å². The van der Waals surface area contributed by atoms with Crippen LogP contribution in [-0.4, -0.2) is 28.3 Å². The molecule has 4 nitrogen and oxygen atoms in total. The van der Waals surface area contributed by atoms with Gasteiger partial charge in [-0.3, -0.25) is 4.79 Å². The number of aliphatic hydroxyl groups is 1. The summed E-state index contributed by atoms with van der Waals surface area (Å²) in [7, 11) is 0. The van der Waals surface area contributed by atoms with Gasteiger partial charge in [0.1, 0.15) is 5.82 Å². The van der Waals surface area contributed by atoms with Crippen molar-refractivity contribution < 1.29 is 19.4 Å². The fourth-order valence-electron chi connectivity index (χ4n) is 2.68. The van der Waals surface area contributed by atoms with Gasteiger partial charge in [-0.1, -0.05) is 0 Å². The van der Waals surface area contributed by atoms with E-state index in [0.717, 1.165) is 11.3 Å². The predicted molar refractivity (Wildman–Crippen MR) is 81.9 cm³/mol. The smallest absolute Gasteiger partial charge is 0.306 e. The van der Waals surface area contributed by atoms with E-state index < -0.39 is 11.6 Å². The Bertz CT molecular complexity index is 542. The summed E-state index contributed by atoms with van der Waals surface area (Å²) in [5.41, 5.74) is 0.620. The zero-order chi connectivity index (χ0) is 15.6. The second-order valence-corrected chi connectivity index (χ2v) is 6.63.